The molecule has 0 spiro atoms. The van der Waals surface area contributed by atoms with E-state index in [1.165, 1.54) is 19.4 Å². The molecule has 1 aromatic carbocycles. The van der Waals surface area contributed by atoms with Crippen LogP contribution in [0.15, 0.2) is 54.3 Å². The van der Waals surface area contributed by atoms with Crippen LogP contribution in [0.2, 0.25) is 0 Å². The molecule has 24 heavy (non-hydrogen) atoms. The molecule has 0 unspecified atom stereocenters. The Morgan fingerprint density at radius 2 is 2.04 bits per heavy atom. The summed E-state index contributed by atoms with van der Waals surface area (Å²) in [6.07, 6.45) is 2.87. The summed E-state index contributed by atoms with van der Waals surface area (Å²) in [5.74, 6) is 0.296. The Labute approximate surface area is 139 Å². The molecule has 8 heteroatoms. The highest BCUT2D eigenvalue weighted by Crippen LogP contribution is 2.30. The SMILES string of the molecule is C=C(C)S(=O)(=O)Nc1c[nH]c2ncnc(OCc3ccccc3)c12. The van der Waals surface area contributed by atoms with E-state index in [0.29, 0.717) is 29.2 Å². The van der Waals surface area contributed by atoms with Crippen LogP contribution in [0.5, 0.6) is 5.88 Å². The van der Waals surface area contributed by atoms with Crippen LogP contribution in [-0.2, 0) is 16.6 Å². The van der Waals surface area contributed by atoms with Gasteiger partial charge in [-0.1, -0.05) is 36.9 Å². The van der Waals surface area contributed by atoms with Crippen molar-refractivity contribution < 1.29 is 13.2 Å². The Kier molecular flexibility index (Phi) is 4.22. The van der Waals surface area contributed by atoms with Gasteiger partial charge in [0.05, 0.1) is 10.6 Å². The van der Waals surface area contributed by atoms with E-state index in [4.69, 9.17) is 4.74 Å². The molecule has 0 radical (unpaired) electrons. The van der Waals surface area contributed by atoms with Crippen molar-refractivity contribution in [2.45, 2.75) is 13.5 Å². The van der Waals surface area contributed by atoms with Crippen molar-refractivity contribution >= 4 is 26.7 Å². The fourth-order valence-corrected chi connectivity index (χ4v) is 2.71. The third kappa shape index (κ3) is 3.23. The predicted molar refractivity (Wildman–Crippen MR) is 92.0 cm³/mol. The molecule has 124 valence electrons. The van der Waals surface area contributed by atoms with Crippen LogP contribution in [-0.4, -0.2) is 23.4 Å². The van der Waals surface area contributed by atoms with E-state index < -0.39 is 10.0 Å². The minimum atomic E-state index is -3.67. The van der Waals surface area contributed by atoms with Gasteiger partial charge in [-0.3, -0.25) is 4.72 Å². The van der Waals surface area contributed by atoms with Crippen LogP contribution in [0.25, 0.3) is 11.0 Å². The van der Waals surface area contributed by atoms with Gasteiger partial charge in [0, 0.05) is 6.20 Å². The number of aromatic amines is 1. The molecular weight excluding hydrogens is 328 g/mol. The molecule has 2 aromatic heterocycles. The zero-order valence-electron chi connectivity index (χ0n) is 13.0. The Balaban J connectivity index is 1.94. The third-order valence-corrected chi connectivity index (χ3v) is 4.76. The van der Waals surface area contributed by atoms with E-state index in [-0.39, 0.29) is 4.91 Å². The number of nitrogens with one attached hydrogen (secondary N) is 2. The van der Waals surface area contributed by atoms with E-state index in [0.717, 1.165) is 5.56 Å². The van der Waals surface area contributed by atoms with Gasteiger partial charge < -0.3 is 9.72 Å². The molecule has 0 fully saturated rings. The number of fused-ring (bicyclic) bond motifs is 1. The van der Waals surface area contributed by atoms with Crippen LogP contribution in [0.1, 0.15) is 12.5 Å². The number of rotatable bonds is 6. The molecule has 0 atom stereocenters. The maximum atomic E-state index is 12.0. The average molecular weight is 344 g/mol. The summed E-state index contributed by atoms with van der Waals surface area (Å²) in [5, 5.41) is 0.471. The summed E-state index contributed by atoms with van der Waals surface area (Å²) in [6.45, 7) is 5.19. The molecule has 0 saturated heterocycles. The van der Waals surface area contributed by atoms with Gasteiger partial charge in [-0.25, -0.2) is 18.4 Å². The van der Waals surface area contributed by atoms with Gasteiger partial charge in [0.15, 0.2) is 0 Å². The summed E-state index contributed by atoms with van der Waals surface area (Å²) < 4.78 is 32.3. The molecule has 0 saturated carbocycles. The second kappa shape index (κ2) is 6.32. The van der Waals surface area contributed by atoms with Gasteiger partial charge in [-0.15, -0.1) is 0 Å². The zero-order chi connectivity index (χ0) is 17.2. The van der Waals surface area contributed by atoms with Crippen LogP contribution < -0.4 is 9.46 Å². The van der Waals surface area contributed by atoms with Gasteiger partial charge in [0.1, 0.15) is 24.0 Å². The highest BCUT2D eigenvalue weighted by Gasteiger charge is 2.18. The molecule has 0 amide bonds. The molecule has 2 N–H and O–H groups in total. The number of H-pyrrole nitrogens is 1. The van der Waals surface area contributed by atoms with Crippen molar-refractivity contribution in [1.29, 1.82) is 0 Å². The lowest BCUT2D eigenvalue weighted by Gasteiger charge is -2.09. The van der Waals surface area contributed by atoms with Gasteiger partial charge in [-0.2, -0.15) is 0 Å². The number of hydrogen-bond donors (Lipinski definition) is 2. The number of aromatic nitrogens is 3. The monoisotopic (exact) mass is 344 g/mol. The molecule has 7 nitrogen and oxygen atoms in total. The van der Waals surface area contributed by atoms with E-state index in [2.05, 4.69) is 26.3 Å². The van der Waals surface area contributed by atoms with Crippen molar-refractivity contribution in [3.63, 3.8) is 0 Å². The number of anilines is 1. The first kappa shape index (κ1) is 16.0. The minimum Gasteiger partial charge on any atom is -0.472 e. The van der Waals surface area contributed by atoms with Gasteiger partial charge in [0.2, 0.25) is 5.88 Å². The second-order valence-corrected chi connectivity index (χ2v) is 7.09. The van der Waals surface area contributed by atoms with Crippen molar-refractivity contribution in [2.24, 2.45) is 0 Å². The maximum absolute atomic E-state index is 12.0. The lowest BCUT2D eigenvalue weighted by Crippen LogP contribution is -2.12. The highest BCUT2D eigenvalue weighted by atomic mass is 32.2. The fourth-order valence-electron chi connectivity index (χ4n) is 2.08. The summed E-state index contributed by atoms with van der Waals surface area (Å²) in [4.78, 5) is 11.1. The third-order valence-electron chi connectivity index (χ3n) is 3.36. The van der Waals surface area contributed by atoms with Crippen molar-refractivity contribution in [1.82, 2.24) is 15.0 Å². The fraction of sp³-hybridized carbons (Fsp3) is 0.125. The molecule has 0 aliphatic carbocycles. The van der Waals surface area contributed by atoms with E-state index >= 15 is 0 Å². The quantitative estimate of drug-likeness (QED) is 0.717. The van der Waals surface area contributed by atoms with Crippen LogP contribution in [0.3, 0.4) is 0 Å². The largest absolute Gasteiger partial charge is 0.472 e. The van der Waals surface area contributed by atoms with Gasteiger partial charge in [-0.05, 0) is 12.5 Å². The number of hydrogen-bond acceptors (Lipinski definition) is 5. The first-order valence-electron chi connectivity index (χ1n) is 7.14. The summed E-state index contributed by atoms with van der Waals surface area (Å²) in [6, 6.07) is 9.61. The molecule has 2 heterocycles. The lowest BCUT2D eigenvalue weighted by molar-refractivity contribution is 0.298. The Bertz CT molecular complexity index is 981. The lowest BCUT2D eigenvalue weighted by atomic mass is 10.2. The number of allylic oxidation sites excluding steroid dienone is 1. The van der Waals surface area contributed by atoms with E-state index in [1.807, 2.05) is 30.3 Å². The van der Waals surface area contributed by atoms with E-state index in [1.54, 1.807) is 0 Å². The smallest absolute Gasteiger partial charge is 0.257 e. The molecule has 0 bridgehead atoms. The molecule has 0 aliphatic heterocycles. The van der Waals surface area contributed by atoms with Crippen LogP contribution in [0, 0.1) is 0 Å². The number of benzene rings is 1. The maximum Gasteiger partial charge on any atom is 0.257 e. The highest BCUT2D eigenvalue weighted by molar-refractivity contribution is 7.96. The predicted octanol–water partition coefficient (Wildman–Crippen LogP) is 2.81. The standard InChI is InChI=1S/C16H16N4O3S/c1-11(2)24(21,22)20-13-8-17-15-14(13)16(19-10-18-15)23-9-12-6-4-3-5-7-12/h3-8,10,20H,1,9H2,2H3,(H,17,18,19). The van der Waals surface area contributed by atoms with Crippen molar-refractivity contribution in [3.05, 3.63) is 59.9 Å². The summed E-state index contributed by atoms with van der Waals surface area (Å²) in [7, 11) is -3.67. The number of ether oxygens (including phenoxy) is 1. The second-order valence-electron chi connectivity index (χ2n) is 5.19. The number of nitrogens with zero attached hydrogens (tertiary/aromatic N) is 2. The van der Waals surface area contributed by atoms with Gasteiger partial charge in [0.25, 0.3) is 10.0 Å². The first-order chi connectivity index (χ1) is 11.5. The van der Waals surface area contributed by atoms with Crippen molar-refractivity contribution in [2.75, 3.05) is 4.72 Å². The molecule has 3 aromatic rings. The van der Waals surface area contributed by atoms with E-state index in [9.17, 15) is 8.42 Å². The zero-order valence-corrected chi connectivity index (χ0v) is 13.8. The molecule has 3 rings (SSSR count). The molecule has 0 aliphatic rings. The van der Waals surface area contributed by atoms with Crippen molar-refractivity contribution in [3.8, 4) is 5.88 Å². The number of sulfonamides is 1. The topological polar surface area (TPSA) is 97.0 Å². The Morgan fingerprint density at radius 1 is 1.29 bits per heavy atom. The van der Waals surface area contributed by atoms with Gasteiger partial charge >= 0.3 is 0 Å². The summed E-state index contributed by atoms with van der Waals surface area (Å²) in [5.41, 5.74) is 1.77. The molecular formula is C16H16N4O3S. The van der Waals surface area contributed by atoms with Crippen LogP contribution in [0.4, 0.5) is 5.69 Å². The van der Waals surface area contributed by atoms with Crippen LogP contribution >= 0.6 is 0 Å². The average Bonchev–Trinajstić information content (AvgIpc) is 2.97. The normalized spacial score (nSPS) is 11.4. The minimum absolute atomic E-state index is 0.0143. The summed E-state index contributed by atoms with van der Waals surface area (Å²) >= 11 is 0. The Morgan fingerprint density at radius 3 is 2.75 bits per heavy atom. The first-order valence-corrected chi connectivity index (χ1v) is 8.63. The Hall–Kier alpha value is -2.87.